The number of rotatable bonds is 10. The standard InChI is InChI=1S/C40H44O4/c1-27(2)37(41)43-35-19-15-31(23-39(5,6)25-35)11-9-29-13-17-34-22-30(14-18-33(34)21-29)10-12-32-16-20-36(26-40(7,8)24-32)44-38(42)28(3)4/h13-26H,1,3,9-12H2,2,4-8H3. The van der Waals surface area contributed by atoms with Gasteiger partial charge in [-0.3, -0.25) is 0 Å². The second kappa shape index (κ2) is 13.5. The number of hydrogen-bond acceptors (Lipinski definition) is 4. The molecule has 44 heavy (non-hydrogen) atoms. The van der Waals surface area contributed by atoms with Crippen LogP contribution in [0, 0.1) is 10.8 Å². The molecule has 0 amide bonds. The van der Waals surface area contributed by atoms with Crippen molar-refractivity contribution in [3.05, 3.63) is 143 Å². The Kier molecular flexibility index (Phi) is 9.94. The highest BCUT2D eigenvalue weighted by Gasteiger charge is 2.20. The van der Waals surface area contributed by atoms with E-state index in [2.05, 4.69) is 89.4 Å². The molecule has 4 heteroatoms. The SMILES string of the molecule is C=C(C)C(=O)OC1=CC(C)(C)C=C(CCc2ccc3cc(CCC4=CC(C)(C)C=C(OC(=O)C(=C)C)C=C4)ccc3c2)C=C1. The molecule has 2 aliphatic carbocycles. The van der Waals surface area contributed by atoms with E-state index in [0.29, 0.717) is 22.7 Å². The number of allylic oxidation sites excluding steroid dienone is 10. The van der Waals surface area contributed by atoms with Crippen molar-refractivity contribution in [1.29, 1.82) is 0 Å². The van der Waals surface area contributed by atoms with Crippen LogP contribution in [0.1, 0.15) is 65.5 Å². The maximum Gasteiger partial charge on any atom is 0.338 e. The molecule has 4 nitrogen and oxygen atoms in total. The van der Waals surface area contributed by atoms with Crippen molar-refractivity contribution in [2.45, 2.75) is 67.2 Å². The van der Waals surface area contributed by atoms with Gasteiger partial charge < -0.3 is 9.47 Å². The summed E-state index contributed by atoms with van der Waals surface area (Å²) in [4.78, 5) is 24.0. The number of aryl methyl sites for hydroxylation is 2. The van der Waals surface area contributed by atoms with E-state index in [4.69, 9.17) is 9.47 Å². The van der Waals surface area contributed by atoms with Crippen LogP contribution in [0.2, 0.25) is 0 Å². The van der Waals surface area contributed by atoms with Crippen LogP contribution >= 0.6 is 0 Å². The molecule has 0 aliphatic heterocycles. The normalized spacial score (nSPS) is 17.0. The number of fused-ring (bicyclic) bond motifs is 1. The maximum absolute atomic E-state index is 12.0. The molecule has 0 saturated carbocycles. The second-order valence-corrected chi connectivity index (χ2v) is 13.2. The summed E-state index contributed by atoms with van der Waals surface area (Å²) >= 11 is 0. The zero-order valence-corrected chi connectivity index (χ0v) is 27.0. The largest absolute Gasteiger partial charge is 0.424 e. The molecular weight excluding hydrogens is 544 g/mol. The summed E-state index contributed by atoms with van der Waals surface area (Å²) in [5.41, 5.74) is 5.29. The third-order valence-corrected chi connectivity index (χ3v) is 7.56. The maximum atomic E-state index is 12.0. The minimum absolute atomic E-state index is 0.238. The van der Waals surface area contributed by atoms with Crippen LogP contribution in [0.5, 0.6) is 0 Å². The van der Waals surface area contributed by atoms with Crippen molar-refractivity contribution in [3.8, 4) is 0 Å². The first kappa shape index (κ1) is 32.5. The molecule has 0 aromatic heterocycles. The molecule has 0 N–H and O–H groups in total. The van der Waals surface area contributed by atoms with E-state index in [0.717, 1.165) is 25.7 Å². The van der Waals surface area contributed by atoms with Gasteiger partial charge in [-0.25, -0.2) is 9.59 Å². The van der Waals surface area contributed by atoms with Crippen LogP contribution in [0.4, 0.5) is 0 Å². The summed E-state index contributed by atoms with van der Waals surface area (Å²) in [7, 11) is 0. The van der Waals surface area contributed by atoms with Gasteiger partial charge in [0.2, 0.25) is 0 Å². The van der Waals surface area contributed by atoms with Crippen molar-refractivity contribution in [3.63, 3.8) is 0 Å². The number of carbonyl (C=O) groups excluding carboxylic acids is 2. The molecule has 4 rings (SSSR count). The molecule has 0 radical (unpaired) electrons. The van der Waals surface area contributed by atoms with Gasteiger partial charge in [-0.2, -0.15) is 0 Å². The van der Waals surface area contributed by atoms with Gasteiger partial charge in [0.1, 0.15) is 11.5 Å². The zero-order chi connectivity index (χ0) is 32.1. The molecule has 228 valence electrons. The van der Waals surface area contributed by atoms with Crippen molar-refractivity contribution in [2.24, 2.45) is 10.8 Å². The number of hydrogen-bond donors (Lipinski definition) is 0. The first-order valence-corrected chi connectivity index (χ1v) is 15.2. The van der Waals surface area contributed by atoms with Gasteiger partial charge in [-0.05, 0) is 85.7 Å². The van der Waals surface area contributed by atoms with Crippen LogP contribution < -0.4 is 0 Å². The molecule has 0 bridgehead atoms. The number of esters is 2. The van der Waals surface area contributed by atoms with E-state index in [1.807, 2.05) is 36.5 Å². The molecule has 0 unspecified atom stereocenters. The molecule has 2 aromatic carbocycles. The Balaban J connectivity index is 1.38. The summed E-state index contributed by atoms with van der Waals surface area (Å²) in [6.45, 7) is 19.1. The summed E-state index contributed by atoms with van der Waals surface area (Å²) in [5.74, 6) is 0.292. The lowest BCUT2D eigenvalue weighted by molar-refractivity contribution is -0.135. The molecule has 2 aromatic rings. The quantitative estimate of drug-likeness (QED) is 0.205. The van der Waals surface area contributed by atoms with E-state index in [9.17, 15) is 9.59 Å². The van der Waals surface area contributed by atoms with Crippen molar-refractivity contribution in [2.75, 3.05) is 0 Å². The van der Waals surface area contributed by atoms with Crippen molar-refractivity contribution < 1.29 is 19.1 Å². The van der Waals surface area contributed by atoms with E-state index in [1.165, 1.54) is 33.0 Å². The monoisotopic (exact) mass is 588 g/mol. The molecule has 0 fully saturated rings. The topological polar surface area (TPSA) is 52.6 Å². The van der Waals surface area contributed by atoms with Crippen LogP contribution in [0.25, 0.3) is 10.8 Å². The first-order chi connectivity index (χ1) is 20.7. The van der Waals surface area contributed by atoms with E-state index < -0.39 is 11.9 Å². The van der Waals surface area contributed by atoms with Crippen molar-refractivity contribution >= 4 is 22.7 Å². The third kappa shape index (κ3) is 9.28. The fourth-order valence-corrected chi connectivity index (χ4v) is 5.40. The second-order valence-electron chi connectivity index (χ2n) is 13.2. The molecule has 0 spiro atoms. The van der Waals surface area contributed by atoms with Gasteiger partial charge in [0.25, 0.3) is 0 Å². The zero-order valence-electron chi connectivity index (χ0n) is 27.0. The summed E-state index contributed by atoms with van der Waals surface area (Å²) in [5, 5.41) is 2.46. The Morgan fingerprint density at radius 3 is 1.34 bits per heavy atom. The molecule has 0 saturated heterocycles. The highest BCUT2D eigenvalue weighted by atomic mass is 16.5. The molecule has 2 aliphatic rings. The van der Waals surface area contributed by atoms with Gasteiger partial charge in [0, 0.05) is 22.0 Å². The summed E-state index contributed by atoms with van der Waals surface area (Å²) < 4.78 is 11.0. The van der Waals surface area contributed by atoms with E-state index >= 15 is 0 Å². The van der Waals surface area contributed by atoms with Gasteiger partial charge in [0.05, 0.1) is 0 Å². The van der Waals surface area contributed by atoms with Crippen LogP contribution in [-0.2, 0) is 31.9 Å². The first-order valence-electron chi connectivity index (χ1n) is 15.2. The van der Waals surface area contributed by atoms with Gasteiger partial charge >= 0.3 is 11.9 Å². The lowest BCUT2D eigenvalue weighted by Crippen LogP contribution is -2.08. The third-order valence-electron chi connectivity index (χ3n) is 7.56. The highest BCUT2D eigenvalue weighted by Crippen LogP contribution is 2.31. The van der Waals surface area contributed by atoms with Gasteiger partial charge in [0.15, 0.2) is 0 Å². The van der Waals surface area contributed by atoms with Gasteiger partial charge in [-0.1, -0.05) is 113 Å². The van der Waals surface area contributed by atoms with Crippen molar-refractivity contribution in [1.82, 2.24) is 0 Å². The molecule has 0 heterocycles. The summed E-state index contributed by atoms with van der Waals surface area (Å²) in [6.07, 6.45) is 19.9. The van der Waals surface area contributed by atoms with E-state index in [1.54, 1.807) is 13.8 Å². The predicted octanol–water partition coefficient (Wildman–Crippen LogP) is 9.76. The molecule has 0 atom stereocenters. The van der Waals surface area contributed by atoms with Crippen LogP contribution in [-0.4, -0.2) is 11.9 Å². The number of carbonyl (C=O) groups is 2. The Labute approximate surface area is 262 Å². The Bertz CT molecular complexity index is 1560. The number of ether oxygens (including phenoxy) is 2. The fourth-order valence-electron chi connectivity index (χ4n) is 5.40. The van der Waals surface area contributed by atoms with Gasteiger partial charge in [-0.15, -0.1) is 0 Å². The van der Waals surface area contributed by atoms with Crippen LogP contribution in [0.3, 0.4) is 0 Å². The Morgan fingerprint density at radius 2 is 0.977 bits per heavy atom. The lowest BCUT2D eigenvalue weighted by atomic mass is 9.89. The highest BCUT2D eigenvalue weighted by molar-refractivity contribution is 5.88. The average Bonchev–Trinajstić information content (AvgIpc) is 3.18. The minimum Gasteiger partial charge on any atom is -0.424 e. The summed E-state index contributed by atoms with van der Waals surface area (Å²) in [6, 6.07) is 13.4. The fraction of sp³-hybridized carbons (Fsp3) is 0.300. The molecular formula is C40H44O4. The Hall–Kier alpha value is -4.44. The lowest BCUT2D eigenvalue weighted by Gasteiger charge is -2.17. The number of benzene rings is 2. The predicted molar refractivity (Wildman–Crippen MR) is 181 cm³/mol. The Morgan fingerprint density at radius 1 is 0.591 bits per heavy atom. The minimum atomic E-state index is -0.406. The smallest absolute Gasteiger partial charge is 0.338 e. The van der Waals surface area contributed by atoms with Crippen LogP contribution in [0.15, 0.2) is 132 Å². The van der Waals surface area contributed by atoms with E-state index in [-0.39, 0.29) is 10.8 Å². The average molecular weight is 589 g/mol.